The van der Waals surface area contributed by atoms with Crippen LogP contribution in [-0.4, -0.2) is 55.0 Å². The van der Waals surface area contributed by atoms with Crippen molar-refractivity contribution < 1.29 is 28.5 Å². The maximum atomic E-state index is 12.5. The molecule has 3 rings (SSSR count). The first kappa shape index (κ1) is 15.4. The van der Waals surface area contributed by atoms with Gasteiger partial charge in [-0.15, -0.1) is 0 Å². The molecule has 4 atom stereocenters. The molecule has 120 valence electrons. The predicted octanol–water partition coefficient (Wildman–Crippen LogP) is 1.41. The van der Waals surface area contributed by atoms with Crippen LogP contribution >= 0.6 is 0 Å². The number of carbonyl (C=O) groups excluding carboxylic acids is 1. The van der Waals surface area contributed by atoms with Crippen molar-refractivity contribution in [2.75, 3.05) is 13.2 Å². The number of ketones is 1. The molecule has 0 saturated carbocycles. The fraction of sp³-hybridized carbons (Fsp3) is 0.933. The van der Waals surface area contributed by atoms with Crippen molar-refractivity contribution in [1.82, 2.24) is 0 Å². The lowest BCUT2D eigenvalue weighted by molar-refractivity contribution is -0.283. The van der Waals surface area contributed by atoms with Gasteiger partial charge in [0.2, 0.25) is 0 Å². The Morgan fingerprint density at radius 1 is 0.905 bits per heavy atom. The van der Waals surface area contributed by atoms with Gasteiger partial charge in [0.1, 0.15) is 12.2 Å². The van der Waals surface area contributed by atoms with Gasteiger partial charge in [-0.1, -0.05) is 0 Å². The monoisotopic (exact) mass is 300 g/mol. The first-order chi connectivity index (χ1) is 9.74. The number of Topliss-reactive ketones (excluding diaryl/α,β-unsaturated/α-hetero) is 1. The summed E-state index contributed by atoms with van der Waals surface area (Å²) in [7, 11) is 0. The molecule has 0 aromatic rings. The molecule has 0 radical (unpaired) electrons. The van der Waals surface area contributed by atoms with Crippen LogP contribution in [0.3, 0.4) is 0 Å². The van der Waals surface area contributed by atoms with Gasteiger partial charge >= 0.3 is 0 Å². The highest BCUT2D eigenvalue weighted by molar-refractivity contribution is 5.88. The highest BCUT2D eigenvalue weighted by atomic mass is 16.7. The Morgan fingerprint density at radius 2 is 1.48 bits per heavy atom. The maximum Gasteiger partial charge on any atom is 0.190 e. The lowest BCUT2D eigenvalue weighted by Crippen LogP contribution is -2.53. The normalized spacial score (nSPS) is 41.2. The summed E-state index contributed by atoms with van der Waals surface area (Å²) >= 11 is 0. The topological polar surface area (TPSA) is 66.5 Å². The third-order valence-electron chi connectivity index (χ3n) is 3.91. The summed E-state index contributed by atoms with van der Waals surface area (Å²) in [4.78, 5) is 12.5. The zero-order chi connectivity index (χ0) is 15.3. The van der Waals surface area contributed by atoms with Crippen LogP contribution in [0.25, 0.3) is 0 Å². The summed E-state index contributed by atoms with van der Waals surface area (Å²) in [6.45, 7) is 8.62. The van der Waals surface area contributed by atoms with Gasteiger partial charge < -0.3 is 23.7 Å². The third kappa shape index (κ3) is 3.81. The van der Waals surface area contributed by atoms with Crippen LogP contribution in [0.15, 0.2) is 0 Å². The van der Waals surface area contributed by atoms with E-state index in [4.69, 9.17) is 23.7 Å². The first-order valence-electron chi connectivity index (χ1n) is 7.57. The number of hydrogen-bond donors (Lipinski definition) is 0. The van der Waals surface area contributed by atoms with Crippen molar-refractivity contribution in [2.24, 2.45) is 0 Å². The van der Waals surface area contributed by atoms with Crippen molar-refractivity contribution in [3.05, 3.63) is 0 Å². The quantitative estimate of drug-likeness (QED) is 0.731. The van der Waals surface area contributed by atoms with E-state index in [1.54, 1.807) is 0 Å². The van der Waals surface area contributed by atoms with E-state index in [2.05, 4.69) is 0 Å². The Bertz CT molecular complexity index is 414. The minimum Gasteiger partial charge on any atom is -0.373 e. The minimum atomic E-state index is -0.771. The van der Waals surface area contributed by atoms with E-state index in [0.29, 0.717) is 26.1 Å². The number of epoxide rings is 1. The van der Waals surface area contributed by atoms with Gasteiger partial charge in [0, 0.05) is 12.8 Å². The van der Waals surface area contributed by atoms with Crippen molar-refractivity contribution >= 4 is 5.78 Å². The summed E-state index contributed by atoms with van der Waals surface area (Å²) in [5, 5.41) is 0. The molecule has 0 unspecified atom stereocenters. The van der Waals surface area contributed by atoms with Gasteiger partial charge in [-0.05, 0) is 27.7 Å². The highest BCUT2D eigenvalue weighted by Crippen LogP contribution is 2.33. The second-order valence-corrected chi connectivity index (χ2v) is 6.89. The zero-order valence-corrected chi connectivity index (χ0v) is 13.1. The van der Waals surface area contributed by atoms with Gasteiger partial charge in [0.05, 0.1) is 25.4 Å². The minimum absolute atomic E-state index is 0.0156. The van der Waals surface area contributed by atoms with E-state index in [1.807, 2.05) is 27.7 Å². The molecule has 0 bridgehead atoms. The number of ether oxygens (including phenoxy) is 5. The van der Waals surface area contributed by atoms with Gasteiger partial charge in [0.15, 0.2) is 17.4 Å². The van der Waals surface area contributed by atoms with Crippen LogP contribution in [0.5, 0.6) is 0 Å². The van der Waals surface area contributed by atoms with Crippen molar-refractivity contribution in [2.45, 2.75) is 76.5 Å². The fourth-order valence-electron chi connectivity index (χ4n) is 2.93. The van der Waals surface area contributed by atoms with E-state index in [-0.39, 0.29) is 18.0 Å². The summed E-state index contributed by atoms with van der Waals surface area (Å²) in [6, 6.07) is 0. The summed E-state index contributed by atoms with van der Waals surface area (Å²) in [5.74, 6) is -1.37. The lowest BCUT2D eigenvalue weighted by Gasteiger charge is -2.40. The van der Waals surface area contributed by atoms with E-state index in [0.717, 1.165) is 0 Å². The average Bonchev–Trinajstić information content (AvgIpc) is 3.09. The summed E-state index contributed by atoms with van der Waals surface area (Å²) < 4.78 is 28.1. The predicted molar refractivity (Wildman–Crippen MR) is 72.7 cm³/mol. The fourth-order valence-corrected chi connectivity index (χ4v) is 2.93. The number of carbonyl (C=O) groups is 1. The zero-order valence-electron chi connectivity index (χ0n) is 13.1. The molecular weight excluding hydrogens is 276 g/mol. The number of hydrogen-bond acceptors (Lipinski definition) is 6. The molecule has 21 heavy (non-hydrogen) atoms. The van der Waals surface area contributed by atoms with E-state index in [1.165, 1.54) is 0 Å². The Balaban J connectivity index is 1.63. The molecule has 3 saturated heterocycles. The first-order valence-corrected chi connectivity index (χ1v) is 7.57. The largest absolute Gasteiger partial charge is 0.373 e. The van der Waals surface area contributed by atoms with Gasteiger partial charge in [-0.3, -0.25) is 4.79 Å². The second kappa shape index (κ2) is 5.28. The molecule has 6 nitrogen and oxygen atoms in total. The van der Waals surface area contributed by atoms with Crippen molar-refractivity contribution in [3.63, 3.8) is 0 Å². The smallest absolute Gasteiger partial charge is 0.190 e. The maximum absolute atomic E-state index is 12.5. The molecule has 0 aromatic heterocycles. The molecule has 0 aromatic carbocycles. The second-order valence-electron chi connectivity index (χ2n) is 6.89. The Hall–Kier alpha value is -0.530. The van der Waals surface area contributed by atoms with Crippen LogP contribution in [0, 0.1) is 0 Å². The van der Waals surface area contributed by atoms with Crippen LogP contribution < -0.4 is 0 Å². The molecule has 0 aliphatic carbocycles. The van der Waals surface area contributed by atoms with Crippen molar-refractivity contribution in [1.29, 1.82) is 0 Å². The van der Waals surface area contributed by atoms with Crippen molar-refractivity contribution in [3.8, 4) is 0 Å². The van der Waals surface area contributed by atoms with Crippen LogP contribution in [-0.2, 0) is 28.5 Å². The van der Waals surface area contributed by atoms with E-state index < -0.39 is 23.8 Å². The molecular formula is C15H24O6. The average molecular weight is 300 g/mol. The molecule has 0 N–H and O–H groups in total. The molecule has 3 aliphatic heterocycles. The summed E-state index contributed by atoms with van der Waals surface area (Å²) in [6.07, 6.45) is 0.160. The van der Waals surface area contributed by atoms with E-state index in [9.17, 15) is 4.79 Å². The number of rotatable bonds is 4. The standard InChI is InChI=1S/C15H24O6/c1-14(2)18-8-10(19-14)6-12-13(16)11(5-9-7-17-9)20-15(3,4)21-12/h9-12H,5-8H2,1-4H3/t9-,10+,11+,12+/m1/s1. The van der Waals surface area contributed by atoms with Gasteiger partial charge in [0.25, 0.3) is 0 Å². The highest BCUT2D eigenvalue weighted by Gasteiger charge is 2.46. The SMILES string of the molecule is CC1(C)OC[C@H](C[C@@H]2OC(C)(C)O[C@@H](C[C@@H]3CO3)C2=O)O1. The molecule has 3 fully saturated rings. The molecule has 6 heteroatoms. The molecule has 3 heterocycles. The lowest BCUT2D eigenvalue weighted by atomic mass is 9.98. The Kier molecular flexibility index (Phi) is 3.86. The molecule has 3 aliphatic rings. The Labute approximate surface area is 125 Å². The van der Waals surface area contributed by atoms with Crippen LogP contribution in [0.4, 0.5) is 0 Å². The van der Waals surface area contributed by atoms with Gasteiger partial charge in [-0.2, -0.15) is 0 Å². The van der Waals surface area contributed by atoms with E-state index >= 15 is 0 Å². The molecule has 0 amide bonds. The summed E-state index contributed by atoms with van der Waals surface area (Å²) in [5.41, 5.74) is 0. The van der Waals surface area contributed by atoms with Gasteiger partial charge in [-0.25, -0.2) is 0 Å². The van der Waals surface area contributed by atoms with Crippen LogP contribution in [0.1, 0.15) is 40.5 Å². The molecule has 0 spiro atoms. The third-order valence-corrected chi connectivity index (χ3v) is 3.91. The van der Waals surface area contributed by atoms with Crippen LogP contribution in [0.2, 0.25) is 0 Å². The Morgan fingerprint density at radius 3 is 1.95 bits per heavy atom.